The highest BCUT2D eigenvalue weighted by Gasteiger charge is 2.27. The van der Waals surface area contributed by atoms with Gasteiger partial charge in [0.1, 0.15) is 0 Å². The molecule has 1 heterocycles. The van der Waals surface area contributed by atoms with Crippen LogP contribution in [0.15, 0.2) is 23.1 Å². The largest absolute Gasteiger partial charge is 0.397 e. The van der Waals surface area contributed by atoms with E-state index in [0.717, 1.165) is 38.3 Å². The minimum Gasteiger partial charge on any atom is -0.397 e. The second kappa shape index (κ2) is 5.61. The van der Waals surface area contributed by atoms with Crippen molar-refractivity contribution in [3.63, 3.8) is 0 Å². The van der Waals surface area contributed by atoms with E-state index in [0.29, 0.717) is 5.69 Å². The molecule has 1 aliphatic heterocycles. The van der Waals surface area contributed by atoms with Crippen molar-refractivity contribution in [2.75, 3.05) is 37.1 Å². The zero-order valence-electron chi connectivity index (χ0n) is 12.0. The lowest BCUT2D eigenvalue weighted by Crippen LogP contribution is -2.33. The number of sulfone groups is 1. The van der Waals surface area contributed by atoms with Gasteiger partial charge < -0.3 is 15.8 Å². The molecule has 0 atom stereocenters. The van der Waals surface area contributed by atoms with Gasteiger partial charge in [0, 0.05) is 26.0 Å². The van der Waals surface area contributed by atoms with Crippen LogP contribution in [0.5, 0.6) is 0 Å². The first-order valence-electron chi connectivity index (χ1n) is 6.71. The van der Waals surface area contributed by atoms with Gasteiger partial charge in [0.05, 0.1) is 16.3 Å². The maximum atomic E-state index is 11.5. The number of nitrogen functional groups attached to an aromatic ring is 1. The molecule has 0 aromatic heterocycles. The maximum absolute atomic E-state index is 11.5. The van der Waals surface area contributed by atoms with Crippen molar-refractivity contribution in [1.29, 1.82) is 0 Å². The van der Waals surface area contributed by atoms with Crippen LogP contribution >= 0.6 is 0 Å². The van der Waals surface area contributed by atoms with Crippen LogP contribution in [-0.4, -0.2) is 34.4 Å². The normalized spacial score (nSPS) is 18.7. The lowest BCUT2D eigenvalue weighted by molar-refractivity contribution is 0.0300. The fraction of sp³-hybridized carbons (Fsp3) is 0.571. The van der Waals surface area contributed by atoms with E-state index in [1.165, 1.54) is 12.3 Å². The third-order valence-electron chi connectivity index (χ3n) is 3.86. The summed E-state index contributed by atoms with van der Waals surface area (Å²) in [6, 6.07) is 4.82. The minimum atomic E-state index is -3.21. The molecule has 0 aliphatic carbocycles. The summed E-state index contributed by atoms with van der Waals surface area (Å²) in [5.41, 5.74) is 7.36. The van der Waals surface area contributed by atoms with Gasteiger partial charge in [-0.15, -0.1) is 0 Å². The Labute approximate surface area is 120 Å². The summed E-state index contributed by atoms with van der Waals surface area (Å²) in [4.78, 5) is 0.248. The Bertz CT molecular complexity index is 578. The van der Waals surface area contributed by atoms with Gasteiger partial charge >= 0.3 is 0 Å². The third-order valence-corrected chi connectivity index (χ3v) is 4.97. The zero-order chi connectivity index (χ0) is 14.8. The summed E-state index contributed by atoms with van der Waals surface area (Å²) < 4.78 is 28.3. The van der Waals surface area contributed by atoms with Crippen LogP contribution in [0.2, 0.25) is 0 Å². The third kappa shape index (κ3) is 3.64. The van der Waals surface area contributed by atoms with Crippen molar-refractivity contribution in [3.8, 4) is 0 Å². The van der Waals surface area contributed by atoms with E-state index >= 15 is 0 Å². The number of anilines is 2. The SMILES string of the molecule is CC1(CNc2ccc(S(C)(=O)=O)cc2N)CCOCC1. The van der Waals surface area contributed by atoms with E-state index in [4.69, 9.17) is 10.5 Å². The minimum absolute atomic E-state index is 0.195. The lowest BCUT2D eigenvalue weighted by Gasteiger charge is -2.34. The molecule has 1 aliphatic rings. The standard InChI is InChI=1S/C14H22N2O3S/c1-14(5-7-19-8-6-14)10-16-13-4-3-11(9-12(13)15)20(2,17)18/h3-4,9,16H,5-8,10,15H2,1-2H3. The van der Waals surface area contributed by atoms with Crippen molar-refractivity contribution in [2.24, 2.45) is 5.41 Å². The Morgan fingerprint density at radius 3 is 2.55 bits per heavy atom. The Morgan fingerprint density at radius 1 is 1.35 bits per heavy atom. The van der Waals surface area contributed by atoms with Crippen LogP contribution in [0.1, 0.15) is 19.8 Å². The molecule has 1 fully saturated rings. The molecule has 0 radical (unpaired) electrons. The molecular formula is C14H22N2O3S. The molecule has 1 aromatic rings. The highest BCUT2D eigenvalue weighted by Crippen LogP contribution is 2.31. The van der Waals surface area contributed by atoms with Crippen molar-refractivity contribution in [2.45, 2.75) is 24.7 Å². The van der Waals surface area contributed by atoms with Gasteiger partial charge in [-0.05, 0) is 36.5 Å². The summed E-state index contributed by atoms with van der Waals surface area (Å²) >= 11 is 0. The summed E-state index contributed by atoms with van der Waals surface area (Å²) in [6.45, 7) is 4.61. The first-order valence-corrected chi connectivity index (χ1v) is 8.61. The van der Waals surface area contributed by atoms with Crippen LogP contribution in [0.4, 0.5) is 11.4 Å². The van der Waals surface area contributed by atoms with E-state index in [-0.39, 0.29) is 10.3 Å². The van der Waals surface area contributed by atoms with E-state index in [1.54, 1.807) is 12.1 Å². The second-order valence-electron chi connectivity index (χ2n) is 5.80. The Balaban J connectivity index is 2.07. The number of ether oxygens (including phenoxy) is 1. The monoisotopic (exact) mass is 298 g/mol. The fourth-order valence-corrected chi connectivity index (χ4v) is 2.94. The number of benzene rings is 1. The molecular weight excluding hydrogens is 276 g/mol. The van der Waals surface area contributed by atoms with E-state index < -0.39 is 9.84 Å². The molecule has 112 valence electrons. The molecule has 3 N–H and O–H groups in total. The number of hydrogen-bond donors (Lipinski definition) is 2. The van der Waals surface area contributed by atoms with Gasteiger partial charge in [-0.2, -0.15) is 0 Å². The summed E-state index contributed by atoms with van der Waals surface area (Å²) in [6.07, 6.45) is 3.21. The Morgan fingerprint density at radius 2 is 2.00 bits per heavy atom. The molecule has 0 amide bonds. The van der Waals surface area contributed by atoms with Crippen LogP contribution in [-0.2, 0) is 14.6 Å². The van der Waals surface area contributed by atoms with Crippen LogP contribution in [0.3, 0.4) is 0 Å². The summed E-state index contributed by atoms with van der Waals surface area (Å²) in [5.74, 6) is 0. The van der Waals surface area contributed by atoms with E-state index in [9.17, 15) is 8.42 Å². The molecule has 6 heteroatoms. The highest BCUT2D eigenvalue weighted by molar-refractivity contribution is 7.90. The lowest BCUT2D eigenvalue weighted by atomic mass is 9.82. The molecule has 1 saturated heterocycles. The molecule has 0 bridgehead atoms. The first kappa shape index (κ1) is 15.1. The van der Waals surface area contributed by atoms with Gasteiger partial charge in [0.15, 0.2) is 9.84 Å². The van der Waals surface area contributed by atoms with Gasteiger partial charge in [-0.3, -0.25) is 0 Å². The number of hydrogen-bond acceptors (Lipinski definition) is 5. The number of rotatable bonds is 4. The van der Waals surface area contributed by atoms with Gasteiger partial charge in [0.2, 0.25) is 0 Å². The number of nitrogens with two attached hydrogens (primary N) is 1. The predicted octanol–water partition coefficient (Wildman–Crippen LogP) is 1.90. The number of nitrogens with one attached hydrogen (secondary N) is 1. The molecule has 0 spiro atoms. The van der Waals surface area contributed by atoms with Gasteiger partial charge in [0.25, 0.3) is 0 Å². The second-order valence-corrected chi connectivity index (χ2v) is 7.81. The Hall–Kier alpha value is -1.27. The molecule has 0 saturated carbocycles. The average molecular weight is 298 g/mol. The first-order chi connectivity index (χ1) is 9.30. The average Bonchev–Trinajstić information content (AvgIpc) is 2.37. The fourth-order valence-electron chi connectivity index (χ4n) is 2.28. The van der Waals surface area contributed by atoms with E-state index in [2.05, 4.69) is 12.2 Å². The van der Waals surface area contributed by atoms with Crippen LogP contribution in [0, 0.1) is 5.41 Å². The summed E-state index contributed by atoms with van der Waals surface area (Å²) in [5, 5.41) is 3.33. The predicted molar refractivity (Wildman–Crippen MR) is 80.6 cm³/mol. The van der Waals surface area contributed by atoms with Gasteiger partial charge in [-0.1, -0.05) is 6.92 Å². The Kier molecular flexibility index (Phi) is 4.25. The zero-order valence-corrected chi connectivity index (χ0v) is 12.8. The van der Waals surface area contributed by atoms with Crippen molar-refractivity contribution in [3.05, 3.63) is 18.2 Å². The van der Waals surface area contributed by atoms with Crippen molar-refractivity contribution in [1.82, 2.24) is 0 Å². The topological polar surface area (TPSA) is 81.4 Å². The van der Waals surface area contributed by atoms with Crippen LogP contribution < -0.4 is 11.1 Å². The molecule has 2 rings (SSSR count). The maximum Gasteiger partial charge on any atom is 0.175 e. The van der Waals surface area contributed by atoms with Crippen molar-refractivity contribution < 1.29 is 13.2 Å². The van der Waals surface area contributed by atoms with Gasteiger partial charge in [-0.25, -0.2) is 8.42 Å². The van der Waals surface area contributed by atoms with Crippen LogP contribution in [0.25, 0.3) is 0 Å². The summed E-state index contributed by atoms with van der Waals surface area (Å²) in [7, 11) is -3.21. The molecule has 20 heavy (non-hydrogen) atoms. The molecule has 5 nitrogen and oxygen atoms in total. The van der Waals surface area contributed by atoms with Crippen molar-refractivity contribution >= 4 is 21.2 Å². The van der Waals surface area contributed by atoms with E-state index in [1.807, 2.05) is 0 Å². The molecule has 1 aromatic carbocycles. The quantitative estimate of drug-likeness (QED) is 0.830. The highest BCUT2D eigenvalue weighted by atomic mass is 32.2. The molecule has 0 unspecified atom stereocenters. The smallest absolute Gasteiger partial charge is 0.175 e.